The number of fused-ring (bicyclic) bond motifs is 1. The van der Waals surface area contributed by atoms with Gasteiger partial charge in [0, 0.05) is 22.5 Å². The van der Waals surface area contributed by atoms with Crippen molar-refractivity contribution in [3.8, 4) is 0 Å². The fraction of sp³-hybridized carbons (Fsp3) is 0.250. The van der Waals surface area contributed by atoms with Gasteiger partial charge in [-0.05, 0) is 24.3 Å². The van der Waals surface area contributed by atoms with Gasteiger partial charge in [0.2, 0.25) is 0 Å². The number of nitrogens with one attached hydrogen (secondary N) is 2. The van der Waals surface area contributed by atoms with Crippen molar-refractivity contribution < 1.29 is 9.90 Å². The van der Waals surface area contributed by atoms with Gasteiger partial charge in [0.15, 0.2) is 0 Å². The average Bonchev–Trinajstić information content (AvgIpc) is 2.78. The number of carbonyl (C=O) groups is 1. The van der Waals surface area contributed by atoms with Crippen LogP contribution in [-0.4, -0.2) is 35.2 Å². The number of aliphatic hydroxyl groups is 1. The molecule has 5 nitrogen and oxygen atoms in total. The number of H-pyrrole nitrogens is 1. The van der Waals surface area contributed by atoms with E-state index in [4.69, 9.17) is 22.4 Å². The summed E-state index contributed by atoms with van der Waals surface area (Å²) < 4.78 is 0. The van der Waals surface area contributed by atoms with Crippen LogP contribution in [0.2, 0.25) is 5.02 Å². The number of aromatic amines is 1. The summed E-state index contributed by atoms with van der Waals surface area (Å²) in [6.45, 7) is 0.00257. The topological polar surface area (TPSA) is 91.1 Å². The third-order valence-electron chi connectivity index (χ3n) is 2.67. The highest BCUT2D eigenvalue weighted by atomic mass is 35.5. The first-order chi connectivity index (χ1) is 8.63. The first-order valence-electron chi connectivity index (χ1n) is 5.54. The van der Waals surface area contributed by atoms with Crippen LogP contribution in [0.4, 0.5) is 0 Å². The van der Waals surface area contributed by atoms with E-state index in [9.17, 15) is 4.79 Å². The standard InChI is InChI=1S/C12H14ClN3O2/c13-8-1-2-10-7(3-8)4-11(16-10)12(18)15-9(5-14)6-17/h1-4,9,16-17H,5-6,14H2,(H,15,18). The Morgan fingerprint density at radius 1 is 1.50 bits per heavy atom. The molecule has 1 unspecified atom stereocenters. The van der Waals surface area contributed by atoms with Crippen molar-refractivity contribution in [2.45, 2.75) is 6.04 Å². The molecule has 0 aliphatic carbocycles. The largest absolute Gasteiger partial charge is 0.394 e. The van der Waals surface area contributed by atoms with E-state index < -0.39 is 6.04 Å². The maximum Gasteiger partial charge on any atom is 0.268 e. The van der Waals surface area contributed by atoms with Crippen LogP contribution < -0.4 is 11.1 Å². The fourth-order valence-electron chi connectivity index (χ4n) is 1.67. The number of hydrogen-bond acceptors (Lipinski definition) is 3. The lowest BCUT2D eigenvalue weighted by Crippen LogP contribution is -2.42. The molecule has 0 radical (unpaired) electrons. The number of rotatable bonds is 4. The molecule has 1 aromatic heterocycles. The van der Waals surface area contributed by atoms with Crippen LogP contribution in [-0.2, 0) is 0 Å². The Labute approximate surface area is 109 Å². The predicted molar refractivity (Wildman–Crippen MR) is 70.7 cm³/mol. The molecule has 0 aliphatic rings. The van der Waals surface area contributed by atoms with Crippen LogP contribution in [0.15, 0.2) is 24.3 Å². The van der Waals surface area contributed by atoms with Gasteiger partial charge in [-0.25, -0.2) is 0 Å². The maximum atomic E-state index is 11.9. The molecule has 0 aliphatic heterocycles. The Bertz CT molecular complexity index is 563. The summed E-state index contributed by atoms with van der Waals surface area (Å²) in [6.07, 6.45) is 0. The molecule has 6 heteroatoms. The molecule has 1 amide bonds. The van der Waals surface area contributed by atoms with Crippen LogP contribution in [0.5, 0.6) is 0 Å². The van der Waals surface area contributed by atoms with Gasteiger partial charge >= 0.3 is 0 Å². The molecule has 0 saturated heterocycles. The molecule has 18 heavy (non-hydrogen) atoms. The monoisotopic (exact) mass is 267 g/mol. The molecular formula is C12H14ClN3O2. The maximum absolute atomic E-state index is 11.9. The van der Waals surface area contributed by atoms with Gasteiger partial charge < -0.3 is 21.1 Å². The van der Waals surface area contributed by atoms with Crippen molar-refractivity contribution in [2.75, 3.05) is 13.2 Å². The Morgan fingerprint density at radius 3 is 2.94 bits per heavy atom. The molecule has 96 valence electrons. The smallest absolute Gasteiger partial charge is 0.268 e. The number of benzene rings is 1. The average molecular weight is 268 g/mol. The second-order valence-electron chi connectivity index (χ2n) is 4.00. The lowest BCUT2D eigenvalue weighted by Gasteiger charge is -2.12. The fourth-order valence-corrected chi connectivity index (χ4v) is 1.85. The Kier molecular flexibility index (Phi) is 3.86. The lowest BCUT2D eigenvalue weighted by atomic mass is 10.2. The highest BCUT2D eigenvalue weighted by Crippen LogP contribution is 2.20. The van der Waals surface area contributed by atoms with E-state index in [1.165, 1.54) is 0 Å². The van der Waals surface area contributed by atoms with E-state index >= 15 is 0 Å². The minimum Gasteiger partial charge on any atom is -0.394 e. The van der Waals surface area contributed by atoms with Crippen molar-refractivity contribution in [1.82, 2.24) is 10.3 Å². The van der Waals surface area contributed by atoms with E-state index in [0.717, 1.165) is 10.9 Å². The van der Waals surface area contributed by atoms with Crippen LogP contribution in [0.3, 0.4) is 0 Å². The molecule has 5 N–H and O–H groups in total. The summed E-state index contributed by atoms with van der Waals surface area (Å²) in [5, 5.41) is 13.1. The highest BCUT2D eigenvalue weighted by molar-refractivity contribution is 6.31. The zero-order chi connectivity index (χ0) is 13.1. The van der Waals surface area contributed by atoms with E-state index in [1.807, 2.05) is 0 Å². The second kappa shape index (κ2) is 5.39. The molecule has 0 fully saturated rings. The van der Waals surface area contributed by atoms with Crippen molar-refractivity contribution in [2.24, 2.45) is 5.73 Å². The minimum atomic E-state index is -0.437. The lowest BCUT2D eigenvalue weighted by molar-refractivity contribution is 0.0914. The Balaban J connectivity index is 2.23. The van der Waals surface area contributed by atoms with Gasteiger partial charge in [-0.3, -0.25) is 4.79 Å². The second-order valence-corrected chi connectivity index (χ2v) is 4.44. The quantitative estimate of drug-likeness (QED) is 0.662. The van der Waals surface area contributed by atoms with Gasteiger partial charge in [-0.15, -0.1) is 0 Å². The molecule has 1 aromatic carbocycles. The minimum absolute atomic E-state index is 0.186. The van der Waals surface area contributed by atoms with Crippen molar-refractivity contribution in [3.05, 3.63) is 35.0 Å². The van der Waals surface area contributed by atoms with Crippen LogP contribution >= 0.6 is 11.6 Å². The number of aromatic nitrogens is 1. The van der Waals surface area contributed by atoms with Crippen molar-refractivity contribution in [1.29, 1.82) is 0 Å². The number of hydrogen-bond donors (Lipinski definition) is 4. The molecule has 2 rings (SSSR count). The first kappa shape index (κ1) is 12.9. The molecular weight excluding hydrogens is 254 g/mol. The van der Waals surface area contributed by atoms with Gasteiger partial charge in [-0.1, -0.05) is 11.6 Å². The van der Waals surface area contributed by atoms with Gasteiger partial charge in [0.1, 0.15) is 5.69 Å². The molecule has 0 spiro atoms. The number of aliphatic hydroxyl groups excluding tert-OH is 1. The van der Waals surface area contributed by atoms with E-state index in [1.54, 1.807) is 24.3 Å². The van der Waals surface area contributed by atoms with Gasteiger partial charge in [0.05, 0.1) is 12.6 Å². The van der Waals surface area contributed by atoms with E-state index in [2.05, 4.69) is 10.3 Å². The summed E-state index contributed by atoms with van der Waals surface area (Å²) in [5.41, 5.74) is 6.65. The summed E-state index contributed by atoms with van der Waals surface area (Å²) in [4.78, 5) is 14.9. The number of halogens is 1. The van der Waals surface area contributed by atoms with Crippen LogP contribution in [0.1, 0.15) is 10.5 Å². The molecule has 0 bridgehead atoms. The molecule has 1 atom stereocenters. The zero-order valence-corrected chi connectivity index (χ0v) is 10.4. The predicted octanol–water partition coefficient (Wildman–Crippen LogP) is 0.871. The zero-order valence-electron chi connectivity index (χ0n) is 9.61. The molecule has 0 saturated carbocycles. The Morgan fingerprint density at radius 2 is 2.28 bits per heavy atom. The normalized spacial score (nSPS) is 12.6. The Hall–Kier alpha value is -1.56. The third-order valence-corrected chi connectivity index (χ3v) is 2.90. The number of carbonyl (C=O) groups excluding carboxylic acids is 1. The summed E-state index contributed by atoms with van der Waals surface area (Å²) in [5.74, 6) is -0.299. The number of amides is 1. The first-order valence-corrected chi connectivity index (χ1v) is 5.92. The summed E-state index contributed by atoms with van der Waals surface area (Å²) in [6, 6.07) is 6.60. The van der Waals surface area contributed by atoms with E-state index in [0.29, 0.717) is 10.7 Å². The number of nitrogens with two attached hydrogens (primary N) is 1. The SMILES string of the molecule is NCC(CO)NC(=O)c1cc2cc(Cl)ccc2[nH]1. The van der Waals surface area contributed by atoms with Crippen molar-refractivity contribution in [3.63, 3.8) is 0 Å². The van der Waals surface area contributed by atoms with E-state index in [-0.39, 0.29) is 19.1 Å². The van der Waals surface area contributed by atoms with Gasteiger partial charge in [0.25, 0.3) is 5.91 Å². The van der Waals surface area contributed by atoms with Gasteiger partial charge in [-0.2, -0.15) is 0 Å². The molecule has 2 aromatic rings. The third kappa shape index (κ3) is 2.64. The van der Waals surface area contributed by atoms with Crippen molar-refractivity contribution >= 4 is 28.4 Å². The van der Waals surface area contributed by atoms with Crippen LogP contribution in [0.25, 0.3) is 10.9 Å². The summed E-state index contributed by atoms with van der Waals surface area (Å²) >= 11 is 5.87. The summed E-state index contributed by atoms with van der Waals surface area (Å²) in [7, 11) is 0. The molecule has 1 heterocycles. The highest BCUT2D eigenvalue weighted by Gasteiger charge is 2.13. The van der Waals surface area contributed by atoms with Crippen LogP contribution in [0, 0.1) is 0 Å².